The normalized spacial score (nSPS) is 12.8. The number of benzene rings is 4. The number of carboxylic acids is 1. The minimum Gasteiger partial charge on any atom is -0.484 e. The highest BCUT2D eigenvalue weighted by Crippen LogP contribution is 2.20. The van der Waals surface area contributed by atoms with E-state index in [0.717, 1.165) is 22.3 Å². The standard InChI is InChI=1S/C17H18BNO5.C10H12BNO5.C9H9BO5.2CH4/c20-16(19-12-22-9-13-5-2-1-3-6-13)11-23-15-8-4-7-14-10-24-18(21)17(14)15;13-6-12-9(14)5-16-8-3-1-2-7-4-17-11(15)10(7)8;11-8(12)5-14-7-3-1-2-6-4-15-10(13)9(6)7;;/h1-8,21H,9-12H2,(H,19,20);1-3,13,15H,4-6H2,(H,12,14);1-3,13H,4-5H2,(H,11,12);2*1H4. The third-order valence-electron chi connectivity index (χ3n) is 8.23. The van der Waals surface area contributed by atoms with Crippen molar-refractivity contribution >= 4 is 55.5 Å². The van der Waals surface area contributed by atoms with Gasteiger partial charge in [-0.2, -0.15) is 0 Å². The van der Waals surface area contributed by atoms with Crippen LogP contribution in [-0.4, -0.2) is 97.7 Å². The Kier molecular flexibility index (Phi) is 19.2. The Balaban J connectivity index is 0.000000236. The van der Waals surface area contributed by atoms with Crippen molar-refractivity contribution in [3.05, 3.63) is 107 Å². The van der Waals surface area contributed by atoms with Crippen LogP contribution in [0.25, 0.3) is 0 Å². The second kappa shape index (κ2) is 23.7. The average Bonchev–Trinajstić information content (AvgIpc) is 3.91. The van der Waals surface area contributed by atoms with Crippen LogP contribution < -0.4 is 41.2 Å². The van der Waals surface area contributed by atoms with E-state index in [-0.39, 0.29) is 40.7 Å². The first-order valence-electron chi connectivity index (χ1n) is 17.2. The van der Waals surface area contributed by atoms with Crippen molar-refractivity contribution in [2.45, 2.75) is 41.3 Å². The molecule has 0 saturated heterocycles. The summed E-state index contributed by atoms with van der Waals surface area (Å²) in [5.41, 5.74) is 5.25. The van der Waals surface area contributed by atoms with E-state index in [9.17, 15) is 29.5 Å². The number of hydrogen-bond acceptors (Lipinski definition) is 14. The lowest BCUT2D eigenvalue weighted by molar-refractivity contribution is -0.139. The first kappa shape index (κ1) is 46.9. The fourth-order valence-corrected chi connectivity index (χ4v) is 5.61. The van der Waals surface area contributed by atoms with E-state index in [2.05, 4.69) is 10.6 Å². The molecule has 0 aromatic heterocycles. The molecule has 0 unspecified atom stereocenters. The molecule has 7 rings (SSSR count). The average molecular weight is 804 g/mol. The Bertz CT molecular complexity index is 1940. The van der Waals surface area contributed by atoms with Gasteiger partial charge in [0.05, 0.1) is 26.4 Å². The van der Waals surface area contributed by atoms with Crippen molar-refractivity contribution in [3.63, 3.8) is 0 Å². The highest BCUT2D eigenvalue weighted by atomic mass is 16.5. The first-order valence-corrected chi connectivity index (χ1v) is 17.2. The molecule has 3 aliphatic heterocycles. The monoisotopic (exact) mass is 804 g/mol. The van der Waals surface area contributed by atoms with Crippen molar-refractivity contribution in [1.29, 1.82) is 0 Å². The zero-order chi connectivity index (χ0) is 39.9. The van der Waals surface area contributed by atoms with Gasteiger partial charge in [-0.1, -0.05) is 81.6 Å². The summed E-state index contributed by atoms with van der Waals surface area (Å²) in [5, 5.41) is 50.6. The number of ether oxygens (including phenoxy) is 4. The number of rotatable bonds is 14. The van der Waals surface area contributed by atoms with Crippen LogP contribution in [0.2, 0.25) is 0 Å². The lowest BCUT2D eigenvalue weighted by atomic mass is 9.79. The molecule has 0 saturated carbocycles. The smallest absolute Gasteiger partial charge is 0.484 e. The molecule has 4 aromatic carbocycles. The van der Waals surface area contributed by atoms with Gasteiger partial charge < -0.3 is 68.8 Å². The highest BCUT2D eigenvalue weighted by molar-refractivity contribution is 6.63. The molecule has 7 N–H and O–H groups in total. The van der Waals surface area contributed by atoms with Gasteiger partial charge in [-0.05, 0) is 40.5 Å². The van der Waals surface area contributed by atoms with E-state index in [4.69, 9.17) is 43.1 Å². The molecule has 308 valence electrons. The van der Waals surface area contributed by atoms with Gasteiger partial charge in [-0.25, -0.2) is 4.79 Å². The van der Waals surface area contributed by atoms with Crippen LogP contribution in [0.4, 0.5) is 0 Å². The number of aliphatic hydroxyl groups is 1. The van der Waals surface area contributed by atoms with E-state index in [0.29, 0.717) is 60.1 Å². The molecule has 0 fully saturated rings. The number of amides is 2. The number of fused-ring (bicyclic) bond motifs is 3. The summed E-state index contributed by atoms with van der Waals surface area (Å²) in [6, 6.07) is 25.5. The van der Waals surface area contributed by atoms with Gasteiger partial charge in [0, 0.05) is 16.4 Å². The van der Waals surface area contributed by atoms with Crippen LogP contribution >= 0.6 is 0 Å². The van der Waals surface area contributed by atoms with Gasteiger partial charge in [0.15, 0.2) is 19.8 Å². The fraction of sp³-hybridized carbons (Fsp3) is 0.289. The molecular weight excluding hydrogens is 757 g/mol. The molecule has 0 aliphatic carbocycles. The van der Waals surface area contributed by atoms with Crippen LogP contribution in [-0.2, 0) is 59.5 Å². The SMILES string of the molecule is C.C.O=C(COc1cccc2c1B(O)OC2)NCO.O=C(COc1cccc2c1B(O)OC2)NCOCc1ccccc1.O=C(O)COc1cccc2c1B(O)OC2. The Labute approximate surface area is 337 Å². The zero-order valence-electron chi connectivity index (χ0n) is 30.0. The maximum absolute atomic E-state index is 11.8. The van der Waals surface area contributed by atoms with Crippen molar-refractivity contribution in [1.82, 2.24) is 10.6 Å². The maximum atomic E-state index is 11.8. The summed E-state index contributed by atoms with van der Waals surface area (Å²) in [6.07, 6.45) is 0. The molecular formula is C38H47B3N2O15. The summed E-state index contributed by atoms with van der Waals surface area (Å²) < 4.78 is 36.4. The second-order valence-electron chi connectivity index (χ2n) is 12.1. The molecule has 0 spiro atoms. The Morgan fingerprint density at radius 3 is 1.41 bits per heavy atom. The van der Waals surface area contributed by atoms with Gasteiger partial charge in [-0.15, -0.1) is 0 Å². The number of carbonyl (C=O) groups excluding carboxylic acids is 2. The molecule has 17 nitrogen and oxygen atoms in total. The van der Waals surface area contributed by atoms with Crippen molar-refractivity contribution < 1.29 is 72.6 Å². The van der Waals surface area contributed by atoms with E-state index < -0.39 is 46.6 Å². The van der Waals surface area contributed by atoms with Gasteiger partial charge in [0.2, 0.25) is 0 Å². The zero-order valence-corrected chi connectivity index (χ0v) is 30.0. The predicted octanol–water partition coefficient (Wildman–Crippen LogP) is -0.437. The molecule has 3 heterocycles. The third kappa shape index (κ3) is 13.3. The number of aliphatic carboxylic acids is 1. The summed E-state index contributed by atoms with van der Waals surface area (Å²) >= 11 is 0. The van der Waals surface area contributed by atoms with Gasteiger partial charge in [-0.3, -0.25) is 9.59 Å². The fourth-order valence-electron chi connectivity index (χ4n) is 5.61. The third-order valence-corrected chi connectivity index (χ3v) is 8.23. The van der Waals surface area contributed by atoms with Crippen molar-refractivity contribution in [2.24, 2.45) is 0 Å². The predicted molar refractivity (Wildman–Crippen MR) is 214 cm³/mol. The van der Waals surface area contributed by atoms with Gasteiger partial charge in [0.1, 0.15) is 30.7 Å². The summed E-state index contributed by atoms with van der Waals surface area (Å²) in [4.78, 5) is 33.2. The Morgan fingerprint density at radius 1 is 0.586 bits per heavy atom. The number of carbonyl (C=O) groups is 3. The van der Waals surface area contributed by atoms with E-state index >= 15 is 0 Å². The molecule has 0 bridgehead atoms. The Hall–Kier alpha value is -5.44. The van der Waals surface area contributed by atoms with Crippen LogP contribution in [0.3, 0.4) is 0 Å². The minimum absolute atomic E-state index is 0. The largest absolute Gasteiger partial charge is 0.495 e. The molecule has 0 radical (unpaired) electrons. The van der Waals surface area contributed by atoms with Crippen molar-refractivity contribution in [3.8, 4) is 17.2 Å². The maximum Gasteiger partial charge on any atom is 0.495 e. The van der Waals surface area contributed by atoms with Crippen LogP contribution in [0.1, 0.15) is 37.1 Å². The molecule has 0 atom stereocenters. The van der Waals surface area contributed by atoms with Crippen LogP contribution in [0.15, 0.2) is 84.9 Å². The first-order chi connectivity index (χ1) is 27.1. The summed E-state index contributed by atoms with van der Waals surface area (Å²) in [7, 11) is -3.04. The topological polar surface area (TPSA) is 241 Å². The van der Waals surface area contributed by atoms with Gasteiger partial charge >= 0.3 is 27.3 Å². The minimum atomic E-state index is -1.05. The molecule has 2 amide bonds. The number of aliphatic hydroxyl groups excluding tert-OH is 1. The van der Waals surface area contributed by atoms with E-state index in [1.54, 1.807) is 42.5 Å². The van der Waals surface area contributed by atoms with Gasteiger partial charge in [0.25, 0.3) is 11.8 Å². The van der Waals surface area contributed by atoms with Crippen LogP contribution in [0.5, 0.6) is 17.2 Å². The number of carboxylic acid groups (broad SMARTS) is 1. The molecule has 4 aromatic rings. The molecule has 58 heavy (non-hydrogen) atoms. The molecule has 20 heteroatoms. The van der Waals surface area contributed by atoms with E-state index in [1.807, 2.05) is 42.5 Å². The summed E-state index contributed by atoms with van der Waals surface area (Å²) in [6.45, 7) is 0.295. The van der Waals surface area contributed by atoms with Crippen LogP contribution in [0, 0.1) is 0 Å². The summed E-state index contributed by atoms with van der Waals surface area (Å²) in [5.74, 6) is -0.549. The number of hydrogen-bond donors (Lipinski definition) is 7. The Morgan fingerprint density at radius 2 is 1.00 bits per heavy atom. The lowest BCUT2D eigenvalue weighted by Crippen LogP contribution is -2.34. The van der Waals surface area contributed by atoms with Crippen molar-refractivity contribution in [2.75, 3.05) is 33.3 Å². The lowest BCUT2D eigenvalue weighted by Gasteiger charge is -2.11. The number of nitrogens with one attached hydrogen (secondary N) is 2. The molecule has 3 aliphatic rings. The quantitative estimate of drug-likeness (QED) is 0.0486. The van der Waals surface area contributed by atoms with E-state index in [1.165, 1.54) is 0 Å². The highest BCUT2D eigenvalue weighted by Gasteiger charge is 2.33. The second-order valence-corrected chi connectivity index (χ2v) is 12.1.